The molecule has 0 unspecified atom stereocenters. The van der Waals surface area contributed by atoms with Crippen molar-refractivity contribution < 1.29 is 9.84 Å². The summed E-state index contributed by atoms with van der Waals surface area (Å²) in [6, 6.07) is 6.31. The van der Waals surface area contributed by atoms with Gasteiger partial charge in [0.15, 0.2) is 0 Å². The van der Waals surface area contributed by atoms with Gasteiger partial charge in [-0.25, -0.2) is 0 Å². The first-order chi connectivity index (χ1) is 13.2. The molecule has 1 aromatic rings. The predicted octanol–water partition coefficient (Wildman–Crippen LogP) is 5.29. The summed E-state index contributed by atoms with van der Waals surface area (Å²) in [6.45, 7) is 4.18. The Labute approximate surface area is 173 Å². The summed E-state index contributed by atoms with van der Waals surface area (Å²) >= 11 is 3.70. The van der Waals surface area contributed by atoms with Crippen LogP contribution in [0.25, 0.3) is 0 Å². The summed E-state index contributed by atoms with van der Waals surface area (Å²) in [7, 11) is 1.74. The monoisotopic (exact) mass is 437 g/mol. The third kappa shape index (κ3) is 6.47. The molecular weight excluding hydrogens is 402 g/mol. The lowest BCUT2D eigenvalue weighted by Gasteiger charge is -2.33. The average molecular weight is 438 g/mol. The van der Waals surface area contributed by atoms with Gasteiger partial charge in [-0.3, -0.25) is 0 Å². The fourth-order valence-corrected chi connectivity index (χ4v) is 5.27. The number of ether oxygens (including phenoxy) is 1. The molecule has 1 saturated heterocycles. The number of aliphatic hydroxyl groups excluding tert-OH is 1. The second-order valence-corrected chi connectivity index (χ2v) is 9.51. The zero-order chi connectivity index (χ0) is 19.1. The van der Waals surface area contributed by atoms with E-state index in [-0.39, 0.29) is 0 Å². The second kappa shape index (κ2) is 10.8. The molecule has 0 aromatic heterocycles. The molecule has 0 bridgehead atoms. The minimum Gasteiger partial charge on any atom is -0.497 e. The van der Waals surface area contributed by atoms with Gasteiger partial charge in [-0.05, 0) is 106 Å². The first-order valence-electron chi connectivity index (χ1n) is 10.8. The van der Waals surface area contributed by atoms with Crippen LogP contribution >= 0.6 is 15.9 Å². The van der Waals surface area contributed by atoms with Gasteiger partial charge in [0.05, 0.1) is 7.11 Å². The van der Waals surface area contributed by atoms with Crippen molar-refractivity contribution in [1.82, 2.24) is 4.90 Å². The van der Waals surface area contributed by atoms with Crippen LogP contribution in [-0.4, -0.2) is 43.4 Å². The molecule has 2 aliphatic rings. The molecule has 3 rings (SSSR count). The maximum atomic E-state index is 9.26. The van der Waals surface area contributed by atoms with Gasteiger partial charge < -0.3 is 14.7 Å². The fraction of sp³-hybridized carbons (Fsp3) is 0.739. The summed E-state index contributed by atoms with van der Waals surface area (Å²) in [5, 5.41) is 9.26. The fourth-order valence-electron chi connectivity index (χ4n) is 4.87. The lowest BCUT2D eigenvalue weighted by atomic mass is 9.80. The highest BCUT2D eigenvalue weighted by Crippen LogP contribution is 2.32. The van der Waals surface area contributed by atoms with Gasteiger partial charge in [0.25, 0.3) is 0 Å². The van der Waals surface area contributed by atoms with Crippen molar-refractivity contribution in [2.45, 2.75) is 57.8 Å². The normalized spacial score (nSPS) is 24.9. The number of halogens is 1. The second-order valence-electron chi connectivity index (χ2n) is 8.66. The van der Waals surface area contributed by atoms with Crippen LogP contribution in [0.1, 0.15) is 56.9 Å². The Balaban J connectivity index is 1.33. The highest BCUT2D eigenvalue weighted by Gasteiger charge is 2.22. The molecule has 27 heavy (non-hydrogen) atoms. The smallest absolute Gasteiger partial charge is 0.119 e. The Bertz CT molecular complexity index is 563. The van der Waals surface area contributed by atoms with E-state index in [9.17, 15) is 5.11 Å². The van der Waals surface area contributed by atoms with Gasteiger partial charge in [0.1, 0.15) is 5.75 Å². The number of hydrogen-bond donors (Lipinski definition) is 1. The van der Waals surface area contributed by atoms with Gasteiger partial charge in [-0.2, -0.15) is 0 Å². The van der Waals surface area contributed by atoms with Gasteiger partial charge in [-0.15, -0.1) is 0 Å². The van der Waals surface area contributed by atoms with Crippen molar-refractivity contribution in [1.29, 1.82) is 0 Å². The Kier molecular flexibility index (Phi) is 8.47. The molecule has 0 radical (unpaired) electrons. The molecule has 3 nitrogen and oxygen atoms in total. The maximum absolute atomic E-state index is 9.26. The Hall–Kier alpha value is -0.580. The minimum atomic E-state index is 0.397. The number of rotatable bonds is 8. The molecular formula is C23H36BrNO2. The Morgan fingerprint density at radius 3 is 2.41 bits per heavy atom. The van der Waals surface area contributed by atoms with Gasteiger partial charge in [0.2, 0.25) is 0 Å². The summed E-state index contributed by atoms with van der Waals surface area (Å²) in [6.07, 6.45) is 11.7. The van der Waals surface area contributed by atoms with E-state index in [2.05, 4.69) is 33.0 Å². The van der Waals surface area contributed by atoms with Crippen molar-refractivity contribution >= 4 is 15.9 Å². The van der Waals surface area contributed by atoms with Crippen molar-refractivity contribution in [2.24, 2.45) is 17.8 Å². The van der Waals surface area contributed by atoms with Gasteiger partial charge in [-0.1, -0.05) is 28.8 Å². The first-order valence-corrected chi connectivity index (χ1v) is 11.6. The Morgan fingerprint density at radius 2 is 1.74 bits per heavy atom. The molecule has 1 aliphatic carbocycles. The van der Waals surface area contributed by atoms with Crippen LogP contribution < -0.4 is 4.74 Å². The number of hydrogen-bond acceptors (Lipinski definition) is 3. The van der Waals surface area contributed by atoms with Crippen LogP contribution in [0.2, 0.25) is 0 Å². The number of nitrogens with zero attached hydrogens (tertiary/aromatic N) is 1. The van der Waals surface area contributed by atoms with Crippen LogP contribution in [0.5, 0.6) is 5.75 Å². The molecule has 0 atom stereocenters. The first kappa shape index (κ1) is 21.1. The quantitative estimate of drug-likeness (QED) is 0.599. The largest absolute Gasteiger partial charge is 0.497 e. The third-order valence-electron chi connectivity index (χ3n) is 6.78. The Morgan fingerprint density at radius 1 is 1.04 bits per heavy atom. The number of methoxy groups -OCH3 is 1. The molecule has 1 heterocycles. The molecule has 1 aromatic carbocycles. The van der Waals surface area contributed by atoms with Crippen molar-refractivity contribution in [3.8, 4) is 5.75 Å². The summed E-state index contributed by atoms with van der Waals surface area (Å²) in [5.74, 6) is 3.25. The lowest BCUT2D eigenvalue weighted by Crippen LogP contribution is -2.35. The highest BCUT2D eigenvalue weighted by atomic mass is 79.9. The van der Waals surface area contributed by atoms with Crippen LogP contribution in [0.3, 0.4) is 0 Å². The maximum Gasteiger partial charge on any atom is 0.119 e. The van der Waals surface area contributed by atoms with Gasteiger partial charge >= 0.3 is 0 Å². The summed E-state index contributed by atoms with van der Waals surface area (Å²) in [5.41, 5.74) is 1.38. The van der Waals surface area contributed by atoms with E-state index in [1.807, 2.05) is 6.07 Å². The van der Waals surface area contributed by atoms with E-state index in [1.54, 1.807) is 7.11 Å². The van der Waals surface area contributed by atoms with E-state index in [0.29, 0.717) is 12.5 Å². The van der Waals surface area contributed by atoms with Crippen LogP contribution in [0, 0.1) is 17.8 Å². The van der Waals surface area contributed by atoms with E-state index < -0.39 is 0 Å². The minimum absolute atomic E-state index is 0.397. The molecule has 152 valence electrons. The van der Waals surface area contributed by atoms with Crippen molar-refractivity contribution in [2.75, 3.05) is 33.4 Å². The van der Waals surface area contributed by atoms with E-state index in [1.165, 1.54) is 81.0 Å². The molecule has 1 saturated carbocycles. The standard InChI is InChI=1S/C23H36BrNO2/c1-27-22-8-9-23(24)21(16-22)15-19-10-13-25(14-11-19)12-2-3-18-4-6-20(17-26)7-5-18/h8-9,16,18-20,26H,2-7,10-15,17H2,1H3. The summed E-state index contributed by atoms with van der Waals surface area (Å²) < 4.78 is 6.59. The average Bonchev–Trinajstić information content (AvgIpc) is 2.71. The van der Waals surface area contributed by atoms with E-state index >= 15 is 0 Å². The van der Waals surface area contributed by atoms with E-state index in [4.69, 9.17) is 4.74 Å². The lowest BCUT2D eigenvalue weighted by molar-refractivity contribution is 0.153. The topological polar surface area (TPSA) is 32.7 Å². The molecule has 0 amide bonds. The zero-order valence-corrected chi connectivity index (χ0v) is 18.4. The zero-order valence-electron chi connectivity index (χ0n) is 16.8. The molecule has 1 N–H and O–H groups in total. The van der Waals surface area contributed by atoms with Crippen molar-refractivity contribution in [3.63, 3.8) is 0 Å². The molecule has 0 spiro atoms. The van der Waals surface area contributed by atoms with Gasteiger partial charge in [0, 0.05) is 11.1 Å². The third-order valence-corrected chi connectivity index (χ3v) is 7.55. The highest BCUT2D eigenvalue weighted by molar-refractivity contribution is 9.10. The van der Waals surface area contributed by atoms with Crippen LogP contribution in [0.15, 0.2) is 22.7 Å². The summed E-state index contributed by atoms with van der Waals surface area (Å²) in [4.78, 5) is 2.68. The molecule has 1 aliphatic heterocycles. The molecule has 4 heteroatoms. The number of aliphatic hydroxyl groups is 1. The SMILES string of the molecule is COc1ccc(Br)c(CC2CCN(CCCC3CCC(CO)CC3)CC2)c1. The van der Waals surface area contributed by atoms with Crippen LogP contribution in [0.4, 0.5) is 0 Å². The van der Waals surface area contributed by atoms with Crippen LogP contribution in [-0.2, 0) is 6.42 Å². The van der Waals surface area contributed by atoms with E-state index in [0.717, 1.165) is 24.0 Å². The number of benzene rings is 1. The molecule has 2 fully saturated rings. The van der Waals surface area contributed by atoms with Crippen molar-refractivity contribution in [3.05, 3.63) is 28.2 Å². The number of likely N-dealkylation sites (tertiary alicyclic amines) is 1. The predicted molar refractivity (Wildman–Crippen MR) is 115 cm³/mol. The number of piperidine rings is 1.